The predicted molar refractivity (Wildman–Crippen MR) is 52.4 cm³/mol. The molecule has 0 aromatic carbocycles. The third-order valence-electron chi connectivity index (χ3n) is 1.74. The maximum Gasteiger partial charge on any atom is 4.00 e. The van der Waals surface area contributed by atoms with E-state index < -0.39 is 0 Å². The Morgan fingerprint density at radius 2 is 1.20 bits per heavy atom. The Balaban J connectivity index is -0.000000160. The van der Waals surface area contributed by atoms with E-state index in [1.165, 1.54) is 11.1 Å². The van der Waals surface area contributed by atoms with E-state index in [9.17, 15) is 0 Å². The van der Waals surface area contributed by atoms with Gasteiger partial charge in [0, 0.05) is 0 Å². The molecule has 2 aliphatic carbocycles. The minimum Gasteiger partial charge on any atom is -1.00 e. The second-order valence-corrected chi connectivity index (χ2v) is 3.06. The van der Waals surface area contributed by atoms with E-state index in [0.717, 1.165) is 12.8 Å². The van der Waals surface area contributed by atoms with Crippen molar-refractivity contribution < 1.29 is 51.0 Å². The fourth-order valence-corrected chi connectivity index (χ4v) is 0.992. The van der Waals surface area contributed by atoms with Crippen molar-refractivity contribution in [2.75, 3.05) is 0 Å². The summed E-state index contributed by atoms with van der Waals surface area (Å²) in [5, 5.41) is 0. The van der Waals surface area contributed by atoms with Crippen LogP contribution in [0.5, 0.6) is 0 Å². The third kappa shape index (κ3) is 10.7. The van der Waals surface area contributed by atoms with Crippen LogP contribution in [-0.2, 0) is 26.2 Å². The molecule has 0 nitrogen and oxygen atoms in total. The Labute approximate surface area is 125 Å². The normalized spacial score (nSPS) is 14.8. The summed E-state index contributed by atoms with van der Waals surface area (Å²) in [6.07, 6.45) is 16.5. The van der Waals surface area contributed by atoms with Crippen LogP contribution in [0.2, 0.25) is 0 Å². The van der Waals surface area contributed by atoms with Crippen LogP contribution in [0.1, 0.15) is 26.7 Å². The second kappa shape index (κ2) is 12.5. The van der Waals surface area contributed by atoms with Crippen LogP contribution in [0.4, 0.5) is 0 Å². The van der Waals surface area contributed by atoms with Gasteiger partial charge in [0.25, 0.3) is 0 Å². The van der Waals surface area contributed by atoms with Crippen molar-refractivity contribution >= 4 is 0 Å². The Bertz CT molecular complexity index is 235. The quantitative estimate of drug-likeness (QED) is 0.430. The SMILES string of the molecule is CC1=[C-]C=CC1.CC1=[C-]C=CC1.[Cl-].[Cl-].[Zr+4]. The first-order valence-electron chi connectivity index (χ1n) is 4.27. The first-order valence-corrected chi connectivity index (χ1v) is 4.27. The van der Waals surface area contributed by atoms with Crippen molar-refractivity contribution in [2.45, 2.75) is 26.7 Å². The van der Waals surface area contributed by atoms with Crippen LogP contribution in [0.25, 0.3) is 0 Å². The maximum absolute atomic E-state index is 3.06. The summed E-state index contributed by atoms with van der Waals surface area (Å²) >= 11 is 0. The Hall–Kier alpha value is 0.423. The molecule has 80 valence electrons. The first-order chi connectivity index (χ1) is 5.79. The van der Waals surface area contributed by atoms with E-state index in [-0.39, 0.29) is 51.0 Å². The van der Waals surface area contributed by atoms with Crippen LogP contribution in [0.15, 0.2) is 35.5 Å². The van der Waals surface area contributed by atoms with Gasteiger partial charge in [-0.25, -0.2) is 24.3 Å². The van der Waals surface area contributed by atoms with Crippen molar-refractivity contribution in [1.29, 1.82) is 0 Å². The smallest absolute Gasteiger partial charge is 1.00 e. The molecular weight excluding hydrogens is 306 g/mol. The molecule has 0 amide bonds. The molecule has 2 aliphatic rings. The topological polar surface area (TPSA) is 0 Å². The van der Waals surface area contributed by atoms with Crippen LogP contribution in [0.3, 0.4) is 0 Å². The van der Waals surface area contributed by atoms with Crippen molar-refractivity contribution in [1.82, 2.24) is 0 Å². The van der Waals surface area contributed by atoms with E-state index in [1.807, 2.05) is 12.2 Å². The fourth-order valence-electron chi connectivity index (χ4n) is 0.992. The molecule has 0 unspecified atom stereocenters. The van der Waals surface area contributed by atoms with Gasteiger partial charge in [-0.2, -0.15) is 11.1 Å². The maximum atomic E-state index is 3.06. The molecule has 0 saturated carbocycles. The molecule has 0 radical (unpaired) electrons. The molecule has 0 saturated heterocycles. The molecule has 0 atom stereocenters. The van der Waals surface area contributed by atoms with Gasteiger partial charge in [-0.3, -0.25) is 12.2 Å². The van der Waals surface area contributed by atoms with Gasteiger partial charge in [-0.15, -0.1) is 0 Å². The number of hydrogen-bond donors (Lipinski definition) is 0. The standard InChI is InChI=1S/2C6H7.2ClH.Zr/c2*1-6-4-2-3-5-6;;;/h2*2-3H,4H2,1H3;2*1H;/q2*-1;;;+4/p-2. The summed E-state index contributed by atoms with van der Waals surface area (Å²) in [5.41, 5.74) is 2.69. The van der Waals surface area contributed by atoms with E-state index in [2.05, 4.69) is 38.2 Å². The largest absolute Gasteiger partial charge is 4.00 e. The molecule has 0 bridgehead atoms. The van der Waals surface area contributed by atoms with Gasteiger partial charge in [0.05, 0.1) is 0 Å². The average Bonchev–Trinajstić information content (AvgIpc) is 2.63. The fraction of sp³-hybridized carbons (Fsp3) is 0.333. The summed E-state index contributed by atoms with van der Waals surface area (Å²) in [6, 6.07) is 0. The third-order valence-corrected chi connectivity index (χ3v) is 1.74. The summed E-state index contributed by atoms with van der Waals surface area (Å²) < 4.78 is 0. The molecule has 0 N–H and O–H groups in total. The van der Waals surface area contributed by atoms with Gasteiger partial charge in [0.1, 0.15) is 0 Å². The molecule has 0 fully saturated rings. The van der Waals surface area contributed by atoms with Gasteiger partial charge in [-0.05, 0) is 0 Å². The summed E-state index contributed by atoms with van der Waals surface area (Å²) in [6.45, 7) is 4.17. The summed E-state index contributed by atoms with van der Waals surface area (Å²) in [4.78, 5) is 0. The van der Waals surface area contributed by atoms with Crippen LogP contribution < -0.4 is 24.8 Å². The van der Waals surface area contributed by atoms with Gasteiger partial charge in [-0.1, -0.05) is 26.7 Å². The summed E-state index contributed by atoms with van der Waals surface area (Å²) in [7, 11) is 0. The van der Waals surface area contributed by atoms with E-state index in [4.69, 9.17) is 0 Å². The minimum atomic E-state index is 0. The number of rotatable bonds is 0. The average molecular weight is 320 g/mol. The Kier molecular flexibility index (Phi) is 17.3. The molecular formula is C12H14Cl2Zr. The van der Waals surface area contributed by atoms with Gasteiger partial charge in [0.15, 0.2) is 0 Å². The Morgan fingerprint density at radius 3 is 1.27 bits per heavy atom. The van der Waals surface area contributed by atoms with Crippen molar-refractivity contribution in [3.63, 3.8) is 0 Å². The molecule has 0 aliphatic heterocycles. The minimum absolute atomic E-state index is 0. The zero-order valence-corrected chi connectivity index (χ0v) is 12.9. The monoisotopic (exact) mass is 318 g/mol. The first kappa shape index (κ1) is 20.8. The molecule has 2 rings (SSSR count). The molecule has 0 spiro atoms. The van der Waals surface area contributed by atoms with Crippen LogP contribution >= 0.6 is 0 Å². The van der Waals surface area contributed by atoms with Gasteiger partial charge >= 0.3 is 26.2 Å². The van der Waals surface area contributed by atoms with E-state index in [0.29, 0.717) is 0 Å². The molecule has 0 aromatic rings. The van der Waals surface area contributed by atoms with Crippen LogP contribution in [0, 0.1) is 12.2 Å². The molecule has 15 heavy (non-hydrogen) atoms. The molecule has 0 heterocycles. The number of hydrogen-bond acceptors (Lipinski definition) is 0. The zero-order chi connectivity index (χ0) is 8.81. The molecule has 0 aromatic heterocycles. The van der Waals surface area contributed by atoms with E-state index >= 15 is 0 Å². The summed E-state index contributed by atoms with van der Waals surface area (Å²) in [5.74, 6) is 0. The predicted octanol–water partition coefficient (Wildman–Crippen LogP) is -2.60. The van der Waals surface area contributed by atoms with Crippen LogP contribution in [-0.4, -0.2) is 0 Å². The van der Waals surface area contributed by atoms with Gasteiger partial charge in [0.2, 0.25) is 0 Å². The Morgan fingerprint density at radius 1 is 0.867 bits per heavy atom. The molecule has 3 heteroatoms. The number of allylic oxidation sites excluding steroid dienone is 8. The number of halogens is 2. The van der Waals surface area contributed by atoms with Crippen molar-refractivity contribution in [3.05, 3.63) is 47.6 Å². The van der Waals surface area contributed by atoms with E-state index in [1.54, 1.807) is 0 Å². The second-order valence-electron chi connectivity index (χ2n) is 3.06. The van der Waals surface area contributed by atoms with Crippen molar-refractivity contribution in [2.24, 2.45) is 0 Å². The van der Waals surface area contributed by atoms with Crippen molar-refractivity contribution in [3.8, 4) is 0 Å². The van der Waals surface area contributed by atoms with Gasteiger partial charge < -0.3 is 24.8 Å². The zero-order valence-electron chi connectivity index (χ0n) is 8.98.